The fourth-order valence-electron chi connectivity index (χ4n) is 2.00. The molecule has 2 N–H and O–H groups in total. The van der Waals surface area contributed by atoms with Gasteiger partial charge in [0.2, 0.25) is 0 Å². The largest absolute Gasteiger partial charge is 0.468 e. The van der Waals surface area contributed by atoms with E-state index in [-0.39, 0.29) is 18.8 Å². The molecule has 0 aliphatic heterocycles. The molecule has 1 fully saturated rings. The summed E-state index contributed by atoms with van der Waals surface area (Å²) in [5.74, 6) is 1.01. The predicted molar refractivity (Wildman–Crippen MR) is 72.1 cm³/mol. The number of methoxy groups -OCH3 is 1. The van der Waals surface area contributed by atoms with E-state index in [1.54, 1.807) is 7.11 Å². The SMILES string of the molecule is COCCOCOc1ccc([C@@H]2C[C@H]2NC(=O)O)cc1. The first-order valence-electron chi connectivity index (χ1n) is 6.49. The standard InChI is InChI=1S/C14H19NO5/c1-18-6-7-19-9-20-11-4-2-10(3-5-11)12-8-13(12)15-14(16)17/h2-5,12-13,15H,6-9H2,1H3,(H,16,17)/t12-,13+/m0/s1. The Morgan fingerprint density at radius 3 is 2.75 bits per heavy atom. The lowest BCUT2D eigenvalue weighted by molar-refractivity contribution is -0.00847. The molecular weight excluding hydrogens is 262 g/mol. The van der Waals surface area contributed by atoms with Gasteiger partial charge in [0.15, 0.2) is 6.79 Å². The van der Waals surface area contributed by atoms with Crippen LogP contribution in [-0.2, 0) is 9.47 Å². The first-order chi connectivity index (χ1) is 9.70. The molecule has 0 heterocycles. The van der Waals surface area contributed by atoms with Crippen molar-refractivity contribution in [3.63, 3.8) is 0 Å². The number of hydrogen-bond donors (Lipinski definition) is 2. The predicted octanol–water partition coefficient (Wildman–Crippen LogP) is 1.81. The molecule has 6 nitrogen and oxygen atoms in total. The normalized spacial score (nSPS) is 20.4. The summed E-state index contributed by atoms with van der Waals surface area (Å²) in [6.45, 7) is 1.23. The van der Waals surface area contributed by atoms with Crippen molar-refractivity contribution in [3.8, 4) is 5.75 Å². The van der Waals surface area contributed by atoms with Gasteiger partial charge in [0.05, 0.1) is 13.2 Å². The summed E-state index contributed by atoms with van der Waals surface area (Å²) in [6, 6.07) is 7.69. The lowest BCUT2D eigenvalue weighted by Gasteiger charge is -2.08. The van der Waals surface area contributed by atoms with Gasteiger partial charge in [-0.15, -0.1) is 0 Å². The minimum absolute atomic E-state index is 0.0386. The number of ether oxygens (including phenoxy) is 3. The average Bonchev–Trinajstić information content (AvgIpc) is 3.17. The van der Waals surface area contributed by atoms with Crippen molar-refractivity contribution in [1.29, 1.82) is 0 Å². The van der Waals surface area contributed by atoms with E-state index in [0.29, 0.717) is 13.2 Å². The maximum Gasteiger partial charge on any atom is 0.404 e. The summed E-state index contributed by atoms with van der Waals surface area (Å²) in [5, 5.41) is 11.1. The lowest BCUT2D eigenvalue weighted by Crippen LogP contribution is -2.24. The van der Waals surface area contributed by atoms with Crippen molar-refractivity contribution < 1.29 is 24.1 Å². The van der Waals surface area contributed by atoms with Crippen molar-refractivity contribution in [3.05, 3.63) is 29.8 Å². The number of amides is 1. The third kappa shape index (κ3) is 4.40. The molecule has 0 radical (unpaired) electrons. The lowest BCUT2D eigenvalue weighted by atomic mass is 10.1. The molecule has 1 amide bonds. The van der Waals surface area contributed by atoms with Gasteiger partial charge in [-0.05, 0) is 24.1 Å². The monoisotopic (exact) mass is 281 g/mol. The third-order valence-electron chi connectivity index (χ3n) is 3.15. The van der Waals surface area contributed by atoms with Crippen LogP contribution < -0.4 is 10.1 Å². The van der Waals surface area contributed by atoms with Crippen LogP contribution in [0.5, 0.6) is 5.75 Å². The number of carbonyl (C=O) groups is 1. The second kappa shape index (κ2) is 7.12. The highest BCUT2D eigenvalue weighted by atomic mass is 16.7. The Morgan fingerprint density at radius 2 is 2.10 bits per heavy atom. The summed E-state index contributed by atoms with van der Waals surface area (Å²) in [7, 11) is 1.62. The van der Waals surface area contributed by atoms with E-state index in [0.717, 1.165) is 17.7 Å². The van der Waals surface area contributed by atoms with Gasteiger partial charge in [0, 0.05) is 19.1 Å². The van der Waals surface area contributed by atoms with Crippen LogP contribution in [0.3, 0.4) is 0 Å². The zero-order chi connectivity index (χ0) is 14.4. The van der Waals surface area contributed by atoms with Gasteiger partial charge in [-0.2, -0.15) is 0 Å². The van der Waals surface area contributed by atoms with Crippen LogP contribution in [0.1, 0.15) is 17.9 Å². The van der Waals surface area contributed by atoms with Crippen molar-refractivity contribution >= 4 is 6.09 Å². The van der Waals surface area contributed by atoms with Crippen molar-refractivity contribution in [2.24, 2.45) is 0 Å². The number of carboxylic acid groups (broad SMARTS) is 1. The van der Waals surface area contributed by atoms with E-state index in [4.69, 9.17) is 19.3 Å². The molecule has 2 atom stereocenters. The van der Waals surface area contributed by atoms with Gasteiger partial charge < -0.3 is 24.6 Å². The molecule has 0 spiro atoms. The van der Waals surface area contributed by atoms with Gasteiger partial charge in [-0.3, -0.25) is 0 Å². The molecule has 1 aromatic rings. The smallest absolute Gasteiger partial charge is 0.404 e. The van der Waals surface area contributed by atoms with Crippen molar-refractivity contribution in [2.75, 3.05) is 27.1 Å². The highest BCUT2D eigenvalue weighted by Crippen LogP contribution is 2.41. The minimum Gasteiger partial charge on any atom is -0.468 e. The zero-order valence-electron chi connectivity index (χ0n) is 11.4. The van der Waals surface area contributed by atoms with Gasteiger partial charge in [-0.1, -0.05) is 12.1 Å². The van der Waals surface area contributed by atoms with Gasteiger partial charge in [-0.25, -0.2) is 4.79 Å². The molecule has 0 saturated heterocycles. The third-order valence-corrected chi connectivity index (χ3v) is 3.15. The minimum atomic E-state index is -0.967. The second-order valence-electron chi connectivity index (χ2n) is 4.63. The van der Waals surface area contributed by atoms with Crippen LogP contribution in [0.25, 0.3) is 0 Å². The van der Waals surface area contributed by atoms with E-state index in [1.807, 2.05) is 24.3 Å². The first-order valence-corrected chi connectivity index (χ1v) is 6.49. The molecule has 0 bridgehead atoms. The molecule has 110 valence electrons. The van der Waals surface area contributed by atoms with E-state index in [1.165, 1.54) is 0 Å². The van der Waals surface area contributed by atoms with Crippen LogP contribution in [-0.4, -0.2) is 44.4 Å². The summed E-state index contributed by atoms with van der Waals surface area (Å²) < 4.78 is 15.5. The second-order valence-corrected chi connectivity index (χ2v) is 4.63. The van der Waals surface area contributed by atoms with Crippen LogP contribution in [0.2, 0.25) is 0 Å². The first kappa shape index (κ1) is 14.6. The average molecular weight is 281 g/mol. The number of nitrogens with one attached hydrogen (secondary N) is 1. The van der Waals surface area contributed by atoms with E-state index < -0.39 is 6.09 Å². The molecule has 1 aliphatic rings. The topological polar surface area (TPSA) is 77.0 Å². The summed E-state index contributed by atoms with van der Waals surface area (Å²) in [6.07, 6.45) is -0.113. The van der Waals surface area contributed by atoms with Crippen LogP contribution in [0.15, 0.2) is 24.3 Å². The van der Waals surface area contributed by atoms with E-state index >= 15 is 0 Å². The Bertz CT molecular complexity index is 434. The maximum atomic E-state index is 10.5. The van der Waals surface area contributed by atoms with Gasteiger partial charge in [0.1, 0.15) is 5.75 Å². The Kier molecular flexibility index (Phi) is 5.20. The van der Waals surface area contributed by atoms with Crippen LogP contribution in [0, 0.1) is 0 Å². The summed E-state index contributed by atoms with van der Waals surface area (Å²) in [4.78, 5) is 10.5. The van der Waals surface area contributed by atoms with Gasteiger partial charge >= 0.3 is 6.09 Å². The molecule has 20 heavy (non-hydrogen) atoms. The van der Waals surface area contributed by atoms with Crippen LogP contribution in [0.4, 0.5) is 4.79 Å². The number of hydrogen-bond acceptors (Lipinski definition) is 4. The summed E-state index contributed by atoms with van der Waals surface area (Å²) in [5.41, 5.74) is 1.12. The Hall–Kier alpha value is -1.79. The summed E-state index contributed by atoms with van der Waals surface area (Å²) >= 11 is 0. The quantitative estimate of drug-likeness (QED) is 0.561. The van der Waals surface area contributed by atoms with Crippen molar-refractivity contribution in [1.82, 2.24) is 5.32 Å². The molecule has 0 unspecified atom stereocenters. The van der Waals surface area contributed by atoms with E-state index in [2.05, 4.69) is 5.32 Å². The Morgan fingerprint density at radius 1 is 1.35 bits per heavy atom. The maximum absolute atomic E-state index is 10.5. The molecule has 0 aromatic heterocycles. The molecule has 1 aliphatic carbocycles. The Labute approximate surface area is 117 Å². The highest BCUT2D eigenvalue weighted by Gasteiger charge is 2.39. The molecule has 1 saturated carbocycles. The van der Waals surface area contributed by atoms with E-state index in [9.17, 15) is 4.79 Å². The fraction of sp³-hybridized carbons (Fsp3) is 0.500. The van der Waals surface area contributed by atoms with Crippen molar-refractivity contribution in [2.45, 2.75) is 18.4 Å². The van der Waals surface area contributed by atoms with Crippen LogP contribution >= 0.6 is 0 Å². The Balaban J connectivity index is 1.72. The highest BCUT2D eigenvalue weighted by molar-refractivity contribution is 5.65. The molecule has 2 rings (SSSR count). The fourth-order valence-corrected chi connectivity index (χ4v) is 2.00. The zero-order valence-corrected chi connectivity index (χ0v) is 11.4. The number of benzene rings is 1. The molecular formula is C14H19NO5. The molecule has 1 aromatic carbocycles. The number of rotatable bonds is 8. The molecule has 6 heteroatoms. The van der Waals surface area contributed by atoms with Gasteiger partial charge in [0.25, 0.3) is 0 Å².